The molecule has 104 valence electrons. The zero-order valence-electron chi connectivity index (χ0n) is 11.3. The molecular weight excluding hydrogens is 355 g/mol. The number of hydrogen-bond acceptors (Lipinski definition) is 2. The molecule has 1 heterocycles. The molecule has 0 spiro atoms. The highest BCUT2D eigenvalue weighted by molar-refractivity contribution is 14.1. The van der Waals surface area contributed by atoms with Crippen molar-refractivity contribution < 1.29 is 5.11 Å². The van der Waals surface area contributed by atoms with Crippen LogP contribution in [0.3, 0.4) is 0 Å². The SMILES string of the molecule is CCCCCCCCCCC(O)c1csc(I)c1. The summed E-state index contributed by atoms with van der Waals surface area (Å²) >= 11 is 4.02. The first-order valence-electron chi connectivity index (χ1n) is 7.16. The summed E-state index contributed by atoms with van der Waals surface area (Å²) in [6.45, 7) is 2.26. The second kappa shape index (κ2) is 10.2. The first-order chi connectivity index (χ1) is 8.74. The molecule has 0 bridgehead atoms. The Kier molecular flexibility index (Phi) is 9.33. The van der Waals surface area contributed by atoms with Gasteiger partial charge in [-0.3, -0.25) is 0 Å². The van der Waals surface area contributed by atoms with Crippen LogP contribution in [-0.4, -0.2) is 5.11 Å². The van der Waals surface area contributed by atoms with Gasteiger partial charge in [0.2, 0.25) is 0 Å². The summed E-state index contributed by atoms with van der Waals surface area (Å²) in [5.74, 6) is 0. The molecule has 1 atom stereocenters. The molecule has 0 aliphatic rings. The molecule has 0 amide bonds. The van der Waals surface area contributed by atoms with Crippen molar-refractivity contribution in [2.24, 2.45) is 0 Å². The molecule has 18 heavy (non-hydrogen) atoms. The van der Waals surface area contributed by atoms with E-state index in [1.807, 2.05) is 0 Å². The Morgan fingerprint density at radius 3 is 2.28 bits per heavy atom. The van der Waals surface area contributed by atoms with Crippen LogP contribution in [0.1, 0.15) is 76.4 Å². The van der Waals surface area contributed by atoms with Gasteiger partial charge < -0.3 is 5.11 Å². The summed E-state index contributed by atoms with van der Waals surface area (Å²) in [7, 11) is 0. The van der Waals surface area contributed by atoms with E-state index in [1.54, 1.807) is 11.3 Å². The number of rotatable bonds is 10. The number of aliphatic hydroxyl groups excluding tert-OH is 1. The van der Waals surface area contributed by atoms with Crippen LogP contribution in [0.25, 0.3) is 0 Å². The van der Waals surface area contributed by atoms with Crippen LogP contribution in [0, 0.1) is 2.88 Å². The minimum Gasteiger partial charge on any atom is -0.388 e. The Hall–Kier alpha value is 0.390. The molecule has 0 saturated carbocycles. The molecule has 0 aliphatic carbocycles. The van der Waals surface area contributed by atoms with Gasteiger partial charge in [-0.15, -0.1) is 11.3 Å². The van der Waals surface area contributed by atoms with E-state index in [2.05, 4.69) is 41.0 Å². The van der Waals surface area contributed by atoms with Gasteiger partial charge in [0.05, 0.1) is 8.99 Å². The number of hydrogen-bond donors (Lipinski definition) is 1. The van der Waals surface area contributed by atoms with Crippen molar-refractivity contribution in [1.82, 2.24) is 0 Å². The molecule has 3 heteroatoms. The maximum absolute atomic E-state index is 10.0. The van der Waals surface area contributed by atoms with Crippen molar-refractivity contribution in [1.29, 1.82) is 0 Å². The van der Waals surface area contributed by atoms with Gasteiger partial charge in [-0.05, 0) is 46.0 Å². The summed E-state index contributed by atoms with van der Waals surface area (Å²) in [5, 5.41) is 12.1. The largest absolute Gasteiger partial charge is 0.388 e. The second-order valence-electron chi connectivity index (χ2n) is 4.96. The van der Waals surface area contributed by atoms with Gasteiger partial charge in [0, 0.05) is 0 Å². The van der Waals surface area contributed by atoms with Gasteiger partial charge in [0.25, 0.3) is 0 Å². The van der Waals surface area contributed by atoms with E-state index in [0.29, 0.717) is 0 Å². The molecule has 1 rings (SSSR count). The van der Waals surface area contributed by atoms with Crippen molar-refractivity contribution in [3.8, 4) is 0 Å². The van der Waals surface area contributed by atoms with Gasteiger partial charge in [-0.1, -0.05) is 58.3 Å². The summed E-state index contributed by atoms with van der Waals surface area (Å²) < 4.78 is 1.26. The Morgan fingerprint density at radius 1 is 1.11 bits per heavy atom. The van der Waals surface area contributed by atoms with E-state index in [0.717, 1.165) is 18.4 Å². The normalized spacial score (nSPS) is 12.8. The summed E-state index contributed by atoms with van der Waals surface area (Å²) in [6, 6.07) is 2.10. The van der Waals surface area contributed by atoms with Crippen molar-refractivity contribution in [3.05, 3.63) is 19.9 Å². The fourth-order valence-corrected chi connectivity index (χ4v) is 3.56. The molecule has 1 aromatic heterocycles. The zero-order chi connectivity index (χ0) is 13.2. The third kappa shape index (κ3) is 7.10. The Labute approximate surface area is 129 Å². The van der Waals surface area contributed by atoms with Crippen molar-refractivity contribution in [2.75, 3.05) is 0 Å². The van der Waals surface area contributed by atoms with Crippen molar-refractivity contribution >= 4 is 33.9 Å². The molecule has 0 radical (unpaired) electrons. The molecular formula is C15H25IOS. The number of unbranched alkanes of at least 4 members (excludes halogenated alkanes) is 7. The van der Waals surface area contributed by atoms with Crippen LogP contribution in [0.4, 0.5) is 0 Å². The molecule has 0 fully saturated rings. The third-order valence-corrected chi connectivity index (χ3v) is 5.11. The maximum Gasteiger partial charge on any atom is 0.0798 e. The highest BCUT2D eigenvalue weighted by Crippen LogP contribution is 2.26. The molecule has 1 aromatic rings. The second-order valence-corrected chi connectivity index (χ2v) is 7.77. The fraction of sp³-hybridized carbons (Fsp3) is 0.733. The molecule has 1 N–H and O–H groups in total. The average molecular weight is 380 g/mol. The first-order valence-corrected chi connectivity index (χ1v) is 9.12. The monoisotopic (exact) mass is 380 g/mol. The van der Waals surface area contributed by atoms with Crippen LogP contribution in [0.2, 0.25) is 0 Å². The topological polar surface area (TPSA) is 20.2 Å². The summed E-state index contributed by atoms with van der Waals surface area (Å²) in [4.78, 5) is 0. The molecule has 1 unspecified atom stereocenters. The first kappa shape index (κ1) is 16.4. The Morgan fingerprint density at radius 2 is 1.72 bits per heavy atom. The third-order valence-electron chi connectivity index (χ3n) is 3.30. The number of aliphatic hydroxyl groups is 1. The lowest BCUT2D eigenvalue weighted by Gasteiger charge is -2.08. The smallest absolute Gasteiger partial charge is 0.0798 e. The van der Waals surface area contributed by atoms with Crippen LogP contribution < -0.4 is 0 Å². The predicted octanol–water partition coefficient (Wildman–Crippen LogP) is 5.92. The minimum atomic E-state index is -0.246. The molecule has 0 saturated heterocycles. The van der Waals surface area contributed by atoms with E-state index in [4.69, 9.17) is 0 Å². The van der Waals surface area contributed by atoms with Gasteiger partial charge in [-0.25, -0.2) is 0 Å². The lowest BCUT2D eigenvalue weighted by Crippen LogP contribution is -1.95. The van der Waals surface area contributed by atoms with Gasteiger partial charge >= 0.3 is 0 Å². The standard InChI is InChI=1S/C15H25IOS/c1-2-3-4-5-6-7-8-9-10-14(17)13-11-15(16)18-12-13/h11-12,14,17H,2-10H2,1H3. The summed E-state index contributed by atoms with van der Waals surface area (Å²) in [6.07, 6.45) is 11.3. The number of thiophene rings is 1. The maximum atomic E-state index is 10.0. The molecule has 0 aromatic carbocycles. The van der Waals surface area contributed by atoms with E-state index in [-0.39, 0.29) is 6.10 Å². The lowest BCUT2D eigenvalue weighted by molar-refractivity contribution is 0.163. The minimum absolute atomic E-state index is 0.246. The van der Waals surface area contributed by atoms with E-state index in [1.165, 1.54) is 47.8 Å². The van der Waals surface area contributed by atoms with Crippen LogP contribution >= 0.6 is 33.9 Å². The fourth-order valence-electron chi connectivity index (χ4n) is 2.14. The highest BCUT2D eigenvalue weighted by atomic mass is 127. The molecule has 1 nitrogen and oxygen atoms in total. The predicted molar refractivity (Wildman–Crippen MR) is 89.2 cm³/mol. The van der Waals surface area contributed by atoms with E-state index >= 15 is 0 Å². The van der Waals surface area contributed by atoms with Crippen molar-refractivity contribution in [3.63, 3.8) is 0 Å². The molecule has 0 aliphatic heterocycles. The Balaban J connectivity index is 1.97. The van der Waals surface area contributed by atoms with E-state index in [9.17, 15) is 5.11 Å². The quantitative estimate of drug-likeness (QED) is 0.395. The zero-order valence-corrected chi connectivity index (χ0v) is 14.3. The van der Waals surface area contributed by atoms with Crippen molar-refractivity contribution in [2.45, 2.75) is 70.8 Å². The summed E-state index contributed by atoms with van der Waals surface area (Å²) in [5.41, 5.74) is 1.10. The van der Waals surface area contributed by atoms with E-state index < -0.39 is 0 Å². The average Bonchev–Trinajstić information content (AvgIpc) is 2.79. The highest BCUT2D eigenvalue weighted by Gasteiger charge is 2.08. The lowest BCUT2D eigenvalue weighted by atomic mass is 10.0. The van der Waals surface area contributed by atoms with Crippen LogP contribution in [0.15, 0.2) is 11.4 Å². The number of halogens is 1. The van der Waals surface area contributed by atoms with Gasteiger partial charge in [0.15, 0.2) is 0 Å². The van der Waals surface area contributed by atoms with Crippen LogP contribution in [0.5, 0.6) is 0 Å². The van der Waals surface area contributed by atoms with Gasteiger partial charge in [-0.2, -0.15) is 0 Å². The Bertz CT molecular complexity index is 311. The van der Waals surface area contributed by atoms with Crippen LogP contribution in [-0.2, 0) is 0 Å². The van der Waals surface area contributed by atoms with Gasteiger partial charge in [0.1, 0.15) is 0 Å².